The Bertz CT molecular complexity index is 162. The normalized spacial score (nSPS) is 14.9. The molecule has 0 aromatic rings. The first-order valence-corrected chi connectivity index (χ1v) is 4.92. The Morgan fingerprint density at radius 1 is 1.43 bits per heavy atom. The molecule has 0 saturated carbocycles. The number of hydrogen-bond donors (Lipinski definition) is 4. The molecule has 2 atom stereocenters. The molecule has 0 spiro atoms. The summed E-state index contributed by atoms with van der Waals surface area (Å²) in [5, 5.41) is 17.3. The number of nitrogens with one attached hydrogen (secondary N) is 3. The van der Waals surface area contributed by atoms with Crippen LogP contribution >= 0.6 is 0 Å². The van der Waals surface area contributed by atoms with Crippen molar-refractivity contribution in [3.05, 3.63) is 0 Å². The average molecular weight is 203 g/mol. The van der Waals surface area contributed by atoms with Crippen LogP contribution in [0.5, 0.6) is 0 Å². The van der Waals surface area contributed by atoms with Crippen molar-refractivity contribution in [2.75, 3.05) is 20.6 Å². The highest BCUT2D eigenvalue weighted by atomic mass is 16.3. The van der Waals surface area contributed by atoms with E-state index in [0.29, 0.717) is 6.54 Å². The number of hydrogen-bond acceptors (Lipinski definition) is 4. The van der Waals surface area contributed by atoms with Crippen LogP contribution in [-0.4, -0.2) is 43.9 Å². The molecule has 0 bridgehead atoms. The maximum Gasteiger partial charge on any atom is 0.236 e. The lowest BCUT2D eigenvalue weighted by Gasteiger charge is -2.14. The molecule has 0 aromatic heterocycles. The molecule has 5 heteroatoms. The van der Waals surface area contributed by atoms with Crippen molar-refractivity contribution >= 4 is 5.91 Å². The summed E-state index contributed by atoms with van der Waals surface area (Å²) in [6.07, 6.45) is 1.13. The highest BCUT2D eigenvalue weighted by Gasteiger charge is 2.13. The fraction of sp³-hybridized carbons (Fsp3) is 0.889. The van der Waals surface area contributed by atoms with E-state index in [9.17, 15) is 4.79 Å². The van der Waals surface area contributed by atoms with Gasteiger partial charge in [0.15, 0.2) is 0 Å². The Morgan fingerprint density at radius 2 is 2.07 bits per heavy atom. The highest BCUT2D eigenvalue weighted by Crippen LogP contribution is 1.96. The Kier molecular flexibility index (Phi) is 7.37. The van der Waals surface area contributed by atoms with Crippen molar-refractivity contribution in [1.29, 1.82) is 0 Å². The third kappa shape index (κ3) is 5.90. The van der Waals surface area contributed by atoms with Gasteiger partial charge in [-0.15, -0.1) is 0 Å². The molecule has 0 rings (SSSR count). The second kappa shape index (κ2) is 7.73. The second-order valence-corrected chi connectivity index (χ2v) is 3.23. The van der Waals surface area contributed by atoms with E-state index in [1.807, 2.05) is 0 Å². The Morgan fingerprint density at radius 3 is 2.50 bits per heavy atom. The molecule has 14 heavy (non-hydrogen) atoms. The zero-order valence-corrected chi connectivity index (χ0v) is 9.13. The third-order valence-electron chi connectivity index (χ3n) is 2.02. The molecule has 4 N–H and O–H groups in total. The Hall–Kier alpha value is -0.650. The van der Waals surface area contributed by atoms with Gasteiger partial charge in [-0.2, -0.15) is 0 Å². The number of aliphatic hydroxyl groups excluding tert-OH is 1. The van der Waals surface area contributed by atoms with E-state index in [-0.39, 0.29) is 11.9 Å². The van der Waals surface area contributed by atoms with E-state index in [2.05, 4.69) is 16.0 Å². The Labute approximate surface area is 85.3 Å². The lowest BCUT2D eigenvalue weighted by molar-refractivity contribution is -0.122. The zero-order chi connectivity index (χ0) is 11.0. The minimum Gasteiger partial charge on any atom is -0.379 e. The molecule has 0 aliphatic heterocycles. The number of carbonyl (C=O) groups excluding carboxylic acids is 1. The van der Waals surface area contributed by atoms with Crippen molar-refractivity contribution < 1.29 is 9.90 Å². The van der Waals surface area contributed by atoms with Crippen LogP contribution in [0.2, 0.25) is 0 Å². The van der Waals surface area contributed by atoms with E-state index in [1.54, 1.807) is 21.0 Å². The van der Waals surface area contributed by atoms with Crippen LogP contribution in [0.15, 0.2) is 0 Å². The molecule has 5 nitrogen and oxygen atoms in total. The summed E-state index contributed by atoms with van der Waals surface area (Å²) in [6.45, 7) is 2.39. The largest absolute Gasteiger partial charge is 0.379 e. The number of rotatable bonds is 7. The average Bonchev–Trinajstić information content (AvgIpc) is 2.16. The smallest absolute Gasteiger partial charge is 0.236 e. The summed E-state index contributed by atoms with van der Waals surface area (Å²) in [5.41, 5.74) is 0. The van der Waals surface area contributed by atoms with Gasteiger partial charge in [-0.05, 0) is 33.4 Å². The summed E-state index contributed by atoms with van der Waals surface area (Å²) in [5.74, 6) is 0.00421. The minimum atomic E-state index is -0.483. The molecular formula is C9H21N3O2. The van der Waals surface area contributed by atoms with E-state index in [1.165, 1.54) is 0 Å². The molecule has 0 aromatic carbocycles. The molecule has 0 heterocycles. The molecule has 0 aliphatic carbocycles. The topological polar surface area (TPSA) is 73.4 Å². The van der Waals surface area contributed by atoms with Crippen molar-refractivity contribution in [3.8, 4) is 0 Å². The van der Waals surface area contributed by atoms with Gasteiger partial charge < -0.3 is 15.7 Å². The van der Waals surface area contributed by atoms with Crippen molar-refractivity contribution in [2.24, 2.45) is 0 Å². The summed E-state index contributed by atoms with van der Waals surface area (Å²) in [4.78, 5) is 11.2. The summed E-state index contributed by atoms with van der Waals surface area (Å²) < 4.78 is 0. The van der Waals surface area contributed by atoms with Gasteiger partial charge in [0, 0.05) is 7.05 Å². The predicted molar refractivity (Wildman–Crippen MR) is 55.8 cm³/mol. The van der Waals surface area contributed by atoms with Crippen LogP contribution in [0.3, 0.4) is 0 Å². The van der Waals surface area contributed by atoms with Crippen LogP contribution in [0.1, 0.15) is 19.8 Å². The van der Waals surface area contributed by atoms with E-state index in [4.69, 9.17) is 5.11 Å². The first-order valence-electron chi connectivity index (χ1n) is 4.92. The fourth-order valence-corrected chi connectivity index (χ4v) is 1.20. The number of carbonyl (C=O) groups is 1. The van der Waals surface area contributed by atoms with Crippen LogP contribution in [0.4, 0.5) is 0 Å². The molecule has 84 valence electrons. The van der Waals surface area contributed by atoms with Crippen LogP contribution in [-0.2, 0) is 4.79 Å². The van der Waals surface area contributed by atoms with Crippen LogP contribution in [0.25, 0.3) is 0 Å². The van der Waals surface area contributed by atoms with Gasteiger partial charge in [0.2, 0.25) is 5.91 Å². The van der Waals surface area contributed by atoms with E-state index in [0.717, 1.165) is 12.8 Å². The third-order valence-corrected chi connectivity index (χ3v) is 2.02. The summed E-state index contributed by atoms with van der Waals surface area (Å²) >= 11 is 0. The van der Waals surface area contributed by atoms with E-state index >= 15 is 0 Å². The molecular weight excluding hydrogens is 182 g/mol. The van der Waals surface area contributed by atoms with Gasteiger partial charge in [-0.1, -0.05) is 0 Å². The molecule has 0 fully saturated rings. The summed E-state index contributed by atoms with van der Waals surface area (Å²) in [7, 11) is 3.39. The molecule has 0 radical (unpaired) electrons. The molecule has 0 saturated heterocycles. The maximum absolute atomic E-state index is 11.2. The maximum atomic E-state index is 11.2. The van der Waals surface area contributed by atoms with Gasteiger partial charge in [-0.3, -0.25) is 10.1 Å². The van der Waals surface area contributed by atoms with E-state index < -0.39 is 6.23 Å². The molecule has 2 unspecified atom stereocenters. The van der Waals surface area contributed by atoms with Gasteiger partial charge in [-0.25, -0.2) is 0 Å². The second-order valence-electron chi connectivity index (χ2n) is 3.23. The SMILES string of the molecule is CNC(=O)C(CCCNC(C)O)NC. The van der Waals surface area contributed by atoms with Gasteiger partial charge in [0.25, 0.3) is 0 Å². The predicted octanol–water partition coefficient (Wildman–Crippen LogP) is -0.971. The van der Waals surface area contributed by atoms with Crippen LogP contribution in [0, 0.1) is 0 Å². The molecule has 0 aliphatic rings. The Balaban J connectivity index is 3.58. The lowest BCUT2D eigenvalue weighted by Crippen LogP contribution is -2.41. The van der Waals surface area contributed by atoms with Gasteiger partial charge in [0.1, 0.15) is 6.23 Å². The monoisotopic (exact) mass is 203 g/mol. The number of aliphatic hydroxyl groups is 1. The fourth-order valence-electron chi connectivity index (χ4n) is 1.20. The first-order chi connectivity index (χ1) is 6.61. The standard InChI is InChI=1S/C9H21N3O2/c1-7(13)12-6-4-5-8(10-2)9(14)11-3/h7-8,10,12-13H,4-6H2,1-3H3,(H,11,14). The molecule has 1 amide bonds. The minimum absolute atomic E-state index is 0.00421. The van der Waals surface area contributed by atoms with Crippen molar-refractivity contribution in [1.82, 2.24) is 16.0 Å². The number of amides is 1. The number of likely N-dealkylation sites (N-methyl/N-ethyl adjacent to an activating group) is 2. The zero-order valence-electron chi connectivity index (χ0n) is 9.13. The van der Waals surface area contributed by atoms with Gasteiger partial charge in [0.05, 0.1) is 6.04 Å². The van der Waals surface area contributed by atoms with Gasteiger partial charge >= 0.3 is 0 Å². The van der Waals surface area contributed by atoms with Crippen molar-refractivity contribution in [2.45, 2.75) is 32.0 Å². The first kappa shape index (κ1) is 13.4. The summed E-state index contributed by atoms with van der Waals surface area (Å²) in [6, 6.07) is -0.143. The lowest BCUT2D eigenvalue weighted by atomic mass is 10.1. The van der Waals surface area contributed by atoms with Crippen molar-refractivity contribution in [3.63, 3.8) is 0 Å². The quantitative estimate of drug-likeness (QED) is 0.317. The van der Waals surface area contributed by atoms with Crippen LogP contribution < -0.4 is 16.0 Å². The highest BCUT2D eigenvalue weighted by molar-refractivity contribution is 5.81.